The number of hydrogen-bond acceptors (Lipinski definition) is 5. The first-order chi connectivity index (χ1) is 11.7. The van der Waals surface area contributed by atoms with E-state index in [4.69, 9.17) is 4.74 Å². The average molecular weight is 327 g/mol. The second kappa shape index (κ2) is 6.26. The molecule has 7 heteroatoms. The van der Waals surface area contributed by atoms with Crippen LogP contribution in [0.5, 0.6) is 0 Å². The smallest absolute Gasteiger partial charge is 0.163 e. The second-order valence-corrected chi connectivity index (χ2v) is 6.03. The number of aromatic nitrogens is 4. The van der Waals surface area contributed by atoms with Crippen molar-refractivity contribution in [1.82, 2.24) is 24.6 Å². The van der Waals surface area contributed by atoms with Crippen LogP contribution in [-0.4, -0.2) is 44.3 Å². The molecule has 0 unspecified atom stereocenters. The molecule has 0 saturated carbocycles. The zero-order chi connectivity index (χ0) is 16.5. The number of rotatable bonds is 3. The zero-order valence-electron chi connectivity index (χ0n) is 13.4. The lowest BCUT2D eigenvalue weighted by Crippen LogP contribution is -2.38. The van der Waals surface area contributed by atoms with Crippen molar-refractivity contribution in [3.05, 3.63) is 54.0 Å². The van der Waals surface area contributed by atoms with E-state index < -0.39 is 0 Å². The van der Waals surface area contributed by atoms with Crippen molar-refractivity contribution in [2.24, 2.45) is 7.05 Å². The number of nitrogens with zero attached hydrogens (tertiary/aromatic N) is 5. The maximum absolute atomic E-state index is 13.9. The summed E-state index contributed by atoms with van der Waals surface area (Å²) >= 11 is 0. The van der Waals surface area contributed by atoms with E-state index in [1.807, 2.05) is 23.7 Å². The summed E-state index contributed by atoms with van der Waals surface area (Å²) in [5, 5.41) is 8.87. The Morgan fingerprint density at radius 2 is 2.29 bits per heavy atom. The molecular formula is C17H18FN5O. The monoisotopic (exact) mass is 327 g/mol. The van der Waals surface area contributed by atoms with Gasteiger partial charge in [-0.2, -0.15) is 0 Å². The van der Waals surface area contributed by atoms with Gasteiger partial charge >= 0.3 is 0 Å². The fourth-order valence-electron chi connectivity index (χ4n) is 3.17. The van der Waals surface area contributed by atoms with Crippen molar-refractivity contribution in [2.75, 3.05) is 19.7 Å². The molecule has 0 bridgehead atoms. The standard InChI is InChI=1S/C17H18FN5O/c1-22-11-20-21-17(22)15-10-23(5-6-24-15)9-13-8-14(18)7-12-3-2-4-19-16(12)13/h2-4,7-8,11,15H,5-6,9-10H2,1H3/t15-/m1/s1. The molecule has 0 radical (unpaired) electrons. The van der Waals surface area contributed by atoms with Crippen LogP contribution in [0.15, 0.2) is 36.8 Å². The van der Waals surface area contributed by atoms with Crippen LogP contribution in [0.1, 0.15) is 17.5 Å². The van der Waals surface area contributed by atoms with Crippen molar-refractivity contribution in [3.8, 4) is 0 Å². The van der Waals surface area contributed by atoms with E-state index in [-0.39, 0.29) is 11.9 Å². The lowest BCUT2D eigenvalue weighted by atomic mass is 10.1. The Morgan fingerprint density at radius 3 is 3.12 bits per heavy atom. The van der Waals surface area contributed by atoms with E-state index in [1.165, 1.54) is 6.07 Å². The van der Waals surface area contributed by atoms with Gasteiger partial charge in [0.15, 0.2) is 5.82 Å². The maximum atomic E-state index is 13.9. The summed E-state index contributed by atoms with van der Waals surface area (Å²) in [6.07, 6.45) is 3.28. The van der Waals surface area contributed by atoms with Gasteiger partial charge in [0.25, 0.3) is 0 Å². The molecule has 3 heterocycles. The molecule has 1 aromatic carbocycles. The van der Waals surface area contributed by atoms with Crippen molar-refractivity contribution in [1.29, 1.82) is 0 Å². The number of fused-ring (bicyclic) bond motifs is 1. The highest BCUT2D eigenvalue weighted by Gasteiger charge is 2.26. The van der Waals surface area contributed by atoms with Crippen LogP contribution in [0.2, 0.25) is 0 Å². The van der Waals surface area contributed by atoms with E-state index in [1.54, 1.807) is 18.6 Å². The molecule has 0 N–H and O–H groups in total. The Morgan fingerprint density at radius 1 is 1.38 bits per heavy atom. The van der Waals surface area contributed by atoms with Gasteiger partial charge in [0.1, 0.15) is 18.2 Å². The topological polar surface area (TPSA) is 56.1 Å². The summed E-state index contributed by atoms with van der Waals surface area (Å²) in [5.74, 6) is 0.575. The van der Waals surface area contributed by atoms with E-state index in [9.17, 15) is 4.39 Å². The first-order valence-corrected chi connectivity index (χ1v) is 7.92. The molecule has 1 saturated heterocycles. The Bertz CT molecular complexity index is 865. The third-order valence-electron chi connectivity index (χ3n) is 4.33. The van der Waals surface area contributed by atoms with Gasteiger partial charge in [0.05, 0.1) is 12.1 Å². The number of ether oxygens (including phenoxy) is 1. The van der Waals surface area contributed by atoms with Gasteiger partial charge in [-0.3, -0.25) is 9.88 Å². The fraction of sp³-hybridized carbons (Fsp3) is 0.353. The van der Waals surface area contributed by atoms with Gasteiger partial charge in [-0.1, -0.05) is 6.07 Å². The number of morpholine rings is 1. The number of halogens is 1. The molecule has 2 aromatic heterocycles. The summed E-state index contributed by atoms with van der Waals surface area (Å²) in [7, 11) is 1.90. The van der Waals surface area contributed by atoms with Crippen LogP contribution in [0, 0.1) is 5.82 Å². The molecule has 24 heavy (non-hydrogen) atoms. The van der Waals surface area contributed by atoms with Crippen LogP contribution < -0.4 is 0 Å². The molecule has 6 nitrogen and oxygen atoms in total. The Kier molecular flexibility index (Phi) is 3.95. The zero-order valence-corrected chi connectivity index (χ0v) is 13.4. The van der Waals surface area contributed by atoms with Crippen LogP contribution in [0.25, 0.3) is 10.9 Å². The highest BCUT2D eigenvalue weighted by Crippen LogP contribution is 2.24. The van der Waals surface area contributed by atoms with Gasteiger partial charge in [0.2, 0.25) is 0 Å². The first-order valence-electron chi connectivity index (χ1n) is 7.92. The summed E-state index contributed by atoms with van der Waals surface area (Å²) in [4.78, 5) is 6.66. The second-order valence-electron chi connectivity index (χ2n) is 6.03. The van der Waals surface area contributed by atoms with Crippen molar-refractivity contribution >= 4 is 10.9 Å². The minimum absolute atomic E-state index is 0.126. The van der Waals surface area contributed by atoms with E-state index >= 15 is 0 Å². The SMILES string of the molecule is Cn1cnnc1[C@H]1CN(Cc2cc(F)cc3cccnc23)CCO1. The molecule has 1 atom stereocenters. The van der Waals surface area contributed by atoms with Gasteiger partial charge in [0, 0.05) is 38.3 Å². The third-order valence-corrected chi connectivity index (χ3v) is 4.33. The molecule has 0 amide bonds. The maximum Gasteiger partial charge on any atom is 0.163 e. The molecule has 0 aliphatic carbocycles. The normalized spacial score (nSPS) is 19.0. The van der Waals surface area contributed by atoms with Crippen LogP contribution in [-0.2, 0) is 18.3 Å². The molecule has 4 rings (SSSR count). The lowest BCUT2D eigenvalue weighted by molar-refractivity contribution is -0.0384. The summed E-state index contributed by atoms with van der Waals surface area (Å²) in [6.45, 7) is 2.72. The number of hydrogen-bond donors (Lipinski definition) is 0. The predicted molar refractivity (Wildman–Crippen MR) is 86.7 cm³/mol. The van der Waals surface area contributed by atoms with Crippen molar-refractivity contribution in [3.63, 3.8) is 0 Å². The third kappa shape index (κ3) is 2.88. The fourth-order valence-corrected chi connectivity index (χ4v) is 3.17. The Labute approximate surface area is 138 Å². The number of benzene rings is 1. The van der Waals surface area contributed by atoms with E-state index in [2.05, 4.69) is 20.1 Å². The van der Waals surface area contributed by atoms with Gasteiger partial charge in [-0.25, -0.2) is 4.39 Å². The van der Waals surface area contributed by atoms with E-state index in [0.717, 1.165) is 28.8 Å². The van der Waals surface area contributed by atoms with E-state index in [0.29, 0.717) is 19.7 Å². The van der Waals surface area contributed by atoms with Crippen molar-refractivity contribution < 1.29 is 9.13 Å². The Hall–Kier alpha value is -2.38. The minimum atomic E-state index is -0.233. The van der Waals surface area contributed by atoms with Crippen LogP contribution in [0.4, 0.5) is 4.39 Å². The summed E-state index contributed by atoms with van der Waals surface area (Å²) in [5.41, 5.74) is 1.74. The molecule has 1 fully saturated rings. The molecule has 0 spiro atoms. The lowest BCUT2D eigenvalue weighted by Gasteiger charge is -2.32. The van der Waals surface area contributed by atoms with Crippen LogP contribution in [0.3, 0.4) is 0 Å². The highest BCUT2D eigenvalue weighted by molar-refractivity contribution is 5.81. The minimum Gasteiger partial charge on any atom is -0.368 e. The quantitative estimate of drug-likeness (QED) is 0.737. The van der Waals surface area contributed by atoms with Gasteiger partial charge in [-0.15, -0.1) is 10.2 Å². The number of aryl methyl sites for hydroxylation is 1. The predicted octanol–water partition coefficient (Wildman–Crippen LogP) is 2.08. The van der Waals surface area contributed by atoms with Crippen LogP contribution >= 0.6 is 0 Å². The van der Waals surface area contributed by atoms with Gasteiger partial charge in [-0.05, 0) is 23.8 Å². The van der Waals surface area contributed by atoms with Crippen molar-refractivity contribution in [2.45, 2.75) is 12.6 Å². The number of pyridine rings is 1. The molecule has 1 aliphatic rings. The molecular weight excluding hydrogens is 309 g/mol. The first kappa shape index (κ1) is 15.2. The summed E-state index contributed by atoms with van der Waals surface area (Å²) in [6, 6.07) is 6.80. The molecule has 3 aromatic rings. The highest BCUT2D eigenvalue weighted by atomic mass is 19.1. The average Bonchev–Trinajstić information content (AvgIpc) is 3.01. The largest absolute Gasteiger partial charge is 0.368 e. The molecule has 124 valence electrons. The summed E-state index contributed by atoms with van der Waals surface area (Å²) < 4.78 is 21.6. The van der Waals surface area contributed by atoms with Gasteiger partial charge < -0.3 is 9.30 Å². The molecule has 1 aliphatic heterocycles. The Balaban J connectivity index is 1.58.